The number of amides is 1. The van der Waals surface area contributed by atoms with Gasteiger partial charge in [0.05, 0.1) is 27.9 Å². The van der Waals surface area contributed by atoms with E-state index >= 15 is 0 Å². The molecular weight excluding hydrogens is 428 g/mol. The number of azo groups is 1. The van der Waals surface area contributed by atoms with E-state index in [0.717, 1.165) is 22.2 Å². The molecule has 34 heavy (non-hydrogen) atoms. The number of aromatic amines is 2. The average molecular weight is 446 g/mol. The molecule has 1 amide bonds. The second-order valence-electron chi connectivity index (χ2n) is 7.70. The number of allylic oxidation sites excluding steroid dienone is 2. The zero-order chi connectivity index (χ0) is 22.9. The molecule has 1 atom stereocenters. The van der Waals surface area contributed by atoms with Crippen LogP contribution in [0.3, 0.4) is 0 Å². The van der Waals surface area contributed by atoms with Gasteiger partial charge in [-0.1, -0.05) is 24.3 Å². The summed E-state index contributed by atoms with van der Waals surface area (Å²) in [6.45, 7) is 0. The molecule has 1 aliphatic rings. The lowest BCUT2D eigenvalue weighted by molar-refractivity contribution is 0.0781. The second kappa shape index (κ2) is 8.21. The van der Waals surface area contributed by atoms with Crippen molar-refractivity contribution in [2.24, 2.45) is 10.2 Å². The molecule has 0 spiro atoms. The number of imidazole rings is 1. The third-order valence-corrected chi connectivity index (χ3v) is 5.53. The first-order valence-electron chi connectivity index (χ1n) is 10.7. The van der Waals surface area contributed by atoms with Gasteiger partial charge in [0.2, 0.25) is 5.82 Å². The maximum absolute atomic E-state index is 13.3. The van der Waals surface area contributed by atoms with Gasteiger partial charge in [0.15, 0.2) is 6.17 Å². The van der Waals surface area contributed by atoms with Crippen LogP contribution in [0.4, 0.5) is 5.69 Å². The van der Waals surface area contributed by atoms with Gasteiger partial charge in [-0.2, -0.15) is 10.2 Å². The van der Waals surface area contributed by atoms with Crippen LogP contribution in [-0.4, -0.2) is 42.1 Å². The van der Waals surface area contributed by atoms with Crippen molar-refractivity contribution in [1.29, 1.82) is 0 Å². The van der Waals surface area contributed by atoms with Crippen molar-refractivity contribution in [2.75, 3.05) is 0 Å². The first-order chi connectivity index (χ1) is 16.8. The summed E-state index contributed by atoms with van der Waals surface area (Å²) in [5.41, 5.74) is 4.76. The van der Waals surface area contributed by atoms with Crippen LogP contribution in [0.5, 0.6) is 0 Å². The van der Waals surface area contributed by atoms with Gasteiger partial charge < -0.3 is 5.10 Å². The molecule has 5 aromatic rings. The van der Waals surface area contributed by atoms with E-state index < -0.39 is 6.17 Å². The minimum absolute atomic E-state index is 0.108. The Labute approximate surface area is 193 Å². The van der Waals surface area contributed by atoms with E-state index in [0.29, 0.717) is 16.7 Å². The Morgan fingerprint density at radius 1 is 0.941 bits per heavy atom. The topological polar surface area (TPSA) is 115 Å². The number of pyridine rings is 1. The molecule has 2 N–H and O–H groups in total. The summed E-state index contributed by atoms with van der Waals surface area (Å²) in [5.74, 6) is -0.240. The van der Waals surface area contributed by atoms with E-state index in [1.165, 1.54) is 4.90 Å². The van der Waals surface area contributed by atoms with Crippen molar-refractivity contribution >= 4 is 33.5 Å². The molecule has 9 heteroatoms. The van der Waals surface area contributed by atoms with Crippen LogP contribution in [0, 0.1) is 0 Å². The SMILES string of the molecule is O=C(c1nc2cc3[nH][nH]c(-c4ccncc4)c3cc2n1)N1C=CC=C[C@@H]1N=Nc1ccccc1. The summed E-state index contributed by atoms with van der Waals surface area (Å²) in [6, 6.07) is 17.0. The van der Waals surface area contributed by atoms with Crippen molar-refractivity contribution in [3.05, 3.63) is 97.2 Å². The van der Waals surface area contributed by atoms with E-state index in [1.807, 2.05) is 60.7 Å². The van der Waals surface area contributed by atoms with Crippen LogP contribution in [0.15, 0.2) is 102 Å². The van der Waals surface area contributed by atoms with E-state index in [9.17, 15) is 4.79 Å². The lowest BCUT2D eigenvalue weighted by atomic mass is 10.1. The van der Waals surface area contributed by atoms with Gasteiger partial charge in [0.1, 0.15) is 0 Å². The van der Waals surface area contributed by atoms with Gasteiger partial charge in [-0.15, -0.1) is 0 Å². The lowest BCUT2D eigenvalue weighted by Gasteiger charge is -2.23. The van der Waals surface area contributed by atoms with E-state index in [2.05, 4.69) is 35.4 Å². The fourth-order valence-electron chi connectivity index (χ4n) is 3.86. The normalized spacial score (nSPS) is 15.6. The smallest absolute Gasteiger partial charge is 0.297 e. The summed E-state index contributed by atoms with van der Waals surface area (Å²) in [7, 11) is 0. The highest BCUT2D eigenvalue weighted by Gasteiger charge is 2.26. The third kappa shape index (κ3) is 3.55. The first-order valence-corrected chi connectivity index (χ1v) is 10.7. The maximum Gasteiger partial charge on any atom is 0.297 e. The van der Waals surface area contributed by atoms with Gasteiger partial charge in [-0.25, -0.2) is 9.97 Å². The molecule has 0 unspecified atom stereocenters. The first kappa shape index (κ1) is 19.7. The molecular formula is C25H18N8O. The highest BCUT2D eigenvalue weighted by atomic mass is 16.2. The molecule has 1 aliphatic heterocycles. The number of benzene rings is 2. The highest BCUT2D eigenvalue weighted by molar-refractivity contribution is 6.02. The van der Waals surface area contributed by atoms with Crippen molar-refractivity contribution < 1.29 is 4.79 Å². The quantitative estimate of drug-likeness (QED) is 0.372. The number of fused-ring (bicyclic) bond motifs is 2. The zero-order valence-electron chi connectivity index (χ0n) is 17.8. The number of nitrogens with zero attached hydrogens (tertiary/aromatic N) is 6. The molecule has 9 nitrogen and oxygen atoms in total. The Kier molecular flexibility index (Phi) is 4.77. The second-order valence-corrected chi connectivity index (χ2v) is 7.70. The average Bonchev–Trinajstić information content (AvgIpc) is 3.50. The molecule has 0 saturated heterocycles. The van der Waals surface area contributed by atoms with Gasteiger partial charge >= 0.3 is 0 Å². The molecule has 0 saturated carbocycles. The van der Waals surface area contributed by atoms with E-state index in [4.69, 9.17) is 0 Å². The van der Waals surface area contributed by atoms with Gasteiger partial charge in [0, 0.05) is 29.5 Å². The molecule has 2 aromatic carbocycles. The summed E-state index contributed by atoms with van der Waals surface area (Å²) < 4.78 is 0. The molecule has 4 heterocycles. The van der Waals surface area contributed by atoms with Crippen LogP contribution in [0.2, 0.25) is 0 Å². The minimum Gasteiger partial charge on any atom is -0.300 e. The third-order valence-electron chi connectivity index (χ3n) is 5.53. The fourth-order valence-corrected chi connectivity index (χ4v) is 3.86. The van der Waals surface area contributed by atoms with Crippen LogP contribution < -0.4 is 0 Å². The molecule has 6 rings (SSSR count). The monoisotopic (exact) mass is 446 g/mol. The Balaban J connectivity index is 1.33. The summed E-state index contributed by atoms with van der Waals surface area (Å²) in [4.78, 5) is 27.9. The fraction of sp³-hybridized carbons (Fsp3) is 0.0400. The number of hydrogen-bond acceptors (Lipinski definition) is 6. The number of nitrogens with one attached hydrogen (secondary N) is 2. The van der Waals surface area contributed by atoms with Crippen molar-refractivity contribution in [3.63, 3.8) is 0 Å². The number of carbonyl (C=O) groups is 1. The maximum atomic E-state index is 13.3. The van der Waals surface area contributed by atoms with Gasteiger partial charge in [-0.05, 0) is 48.6 Å². The number of rotatable bonds is 4. The van der Waals surface area contributed by atoms with Gasteiger partial charge in [-0.3, -0.25) is 19.8 Å². The Hall–Kier alpha value is -4.92. The van der Waals surface area contributed by atoms with Crippen LogP contribution in [0.25, 0.3) is 33.2 Å². The van der Waals surface area contributed by atoms with Crippen molar-refractivity contribution in [3.8, 4) is 11.3 Å². The largest absolute Gasteiger partial charge is 0.300 e. The van der Waals surface area contributed by atoms with E-state index in [1.54, 1.807) is 30.7 Å². The number of aromatic nitrogens is 5. The number of carbonyl (C=O) groups excluding carboxylic acids is 1. The van der Waals surface area contributed by atoms with Crippen LogP contribution in [0.1, 0.15) is 10.6 Å². The minimum atomic E-state index is -0.582. The molecule has 3 aromatic heterocycles. The zero-order valence-corrected chi connectivity index (χ0v) is 17.8. The predicted molar refractivity (Wildman–Crippen MR) is 128 cm³/mol. The summed E-state index contributed by atoms with van der Waals surface area (Å²) in [5, 5.41) is 15.9. The Bertz CT molecular complexity index is 1580. The molecule has 164 valence electrons. The summed E-state index contributed by atoms with van der Waals surface area (Å²) in [6.07, 6.45) is 9.97. The predicted octanol–water partition coefficient (Wildman–Crippen LogP) is 5.14. The van der Waals surface area contributed by atoms with E-state index in [-0.39, 0.29) is 11.7 Å². The molecule has 0 aliphatic carbocycles. The lowest BCUT2D eigenvalue weighted by Crippen LogP contribution is -2.35. The van der Waals surface area contributed by atoms with Gasteiger partial charge in [0.25, 0.3) is 5.91 Å². The standard InChI is InChI=1S/C25H18N8O/c34-25(33-13-5-4-8-22(33)31-29-17-6-2-1-3-7-17)24-27-20-14-18-19(15-21(20)28-24)30-32-23(18)16-9-11-26-12-10-16/h1-15,22,30,32H/t22-/m1/s1. The highest BCUT2D eigenvalue weighted by Crippen LogP contribution is 2.29. The van der Waals surface area contributed by atoms with Crippen LogP contribution >= 0.6 is 0 Å². The summed E-state index contributed by atoms with van der Waals surface area (Å²) >= 11 is 0. The van der Waals surface area contributed by atoms with Crippen molar-refractivity contribution in [1.82, 2.24) is 30.0 Å². The van der Waals surface area contributed by atoms with Crippen LogP contribution in [-0.2, 0) is 0 Å². The number of hydrogen-bond donors (Lipinski definition) is 2. The Morgan fingerprint density at radius 3 is 2.56 bits per heavy atom. The molecule has 0 bridgehead atoms. The van der Waals surface area contributed by atoms with Crippen molar-refractivity contribution in [2.45, 2.75) is 6.17 Å². The molecule has 0 fully saturated rings. The molecule has 0 radical (unpaired) electrons. The number of H-pyrrole nitrogens is 2. The Morgan fingerprint density at radius 2 is 1.74 bits per heavy atom.